The summed E-state index contributed by atoms with van der Waals surface area (Å²) >= 11 is 0. The molecule has 0 unspecified atom stereocenters. The molecule has 2 aromatic carbocycles. The number of aryl methyl sites for hydroxylation is 1. The van der Waals surface area contributed by atoms with E-state index < -0.39 is 10.8 Å². The van der Waals surface area contributed by atoms with Crippen molar-refractivity contribution in [1.82, 2.24) is 5.43 Å². The highest BCUT2D eigenvalue weighted by molar-refractivity contribution is 5.95. The fourth-order valence-electron chi connectivity index (χ4n) is 1.79. The molecule has 112 valence electrons. The van der Waals surface area contributed by atoms with Crippen LogP contribution in [0.3, 0.4) is 0 Å². The number of phenolic OH excluding ortho intramolecular Hbond substituents is 1. The summed E-state index contributed by atoms with van der Waals surface area (Å²) in [5.41, 5.74) is 3.69. The van der Waals surface area contributed by atoms with Crippen LogP contribution >= 0.6 is 0 Å². The minimum absolute atomic E-state index is 0.0378. The first-order valence-electron chi connectivity index (χ1n) is 6.35. The predicted octanol–water partition coefficient (Wildman–Crippen LogP) is 2.37. The molecule has 2 rings (SSSR count). The smallest absolute Gasteiger partial charge is 0.272 e. The Kier molecular flexibility index (Phi) is 4.47. The molecule has 0 aliphatic rings. The van der Waals surface area contributed by atoms with Gasteiger partial charge in [0.15, 0.2) is 0 Å². The third kappa shape index (κ3) is 3.66. The number of aromatic hydroxyl groups is 1. The Morgan fingerprint density at radius 2 is 1.95 bits per heavy atom. The number of benzene rings is 2. The highest BCUT2D eigenvalue weighted by atomic mass is 16.6. The number of hydrogen-bond donors (Lipinski definition) is 2. The van der Waals surface area contributed by atoms with Gasteiger partial charge in [-0.2, -0.15) is 5.10 Å². The van der Waals surface area contributed by atoms with Gasteiger partial charge in [0.1, 0.15) is 5.75 Å². The standard InChI is InChI=1S/C15H13N3O4/c1-10-8-12(4-7-14(10)18(21)22)15(20)17-16-9-11-2-5-13(19)6-3-11/h2-9,19H,1H3,(H,17,20). The largest absolute Gasteiger partial charge is 0.508 e. The van der Waals surface area contributed by atoms with E-state index in [1.807, 2.05) is 0 Å². The number of phenols is 1. The summed E-state index contributed by atoms with van der Waals surface area (Å²) < 4.78 is 0. The van der Waals surface area contributed by atoms with E-state index in [1.54, 1.807) is 19.1 Å². The summed E-state index contributed by atoms with van der Waals surface area (Å²) in [5, 5.41) is 23.7. The van der Waals surface area contributed by atoms with E-state index in [2.05, 4.69) is 10.5 Å². The van der Waals surface area contributed by atoms with Crippen molar-refractivity contribution >= 4 is 17.8 Å². The Morgan fingerprint density at radius 1 is 1.27 bits per heavy atom. The molecule has 7 heteroatoms. The first-order valence-corrected chi connectivity index (χ1v) is 6.35. The summed E-state index contributed by atoms with van der Waals surface area (Å²) in [6, 6.07) is 10.4. The van der Waals surface area contributed by atoms with Crippen molar-refractivity contribution in [2.45, 2.75) is 6.92 Å². The van der Waals surface area contributed by atoms with Crippen LogP contribution in [0.15, 0.2) is 47.6 Å². The molecule has 1 amide bonds. The minimum Gasteiger partial charge on any atom is -0.508 e. The van der Waals surface area contributed by atoms with Crippen molar-refractivity contribution in [3.8, 4) is 5.75 Å². The van der Waals surface area contributed by atoms with Gasteiger partial charge < -0.3 is 5.11 Å². The van der Waals surface area contributed by atoms with Crippen LogP contribution in [0.25, 0.3) is 0 Å². The molecule has 0 saturated carbocycles. The number of hydrazone groups is 1. The number of nitrogens with one attached hydrogen (secondary N) is 1. The Hall–Kier alpha value is -3.22. The molecule has 0 aliphatic heterocycles. The topological polar surface area (TPSA) is 105 Å². The van der Waals surface area contributed by atoms with Gasteiger partial charge in [-0.1, -0.05) is 0 Å². The summed E-state index contributed by atoms with van der Waals surface area (Å²) in [5.74, 6) is -0.324. The van der Waals surface area contributed by atoms with Crippen LogP contribution in [0, 0.1) is 17.0 Å². The van der Waals surface area contributed by atoms with Gasteiger partial charge in [0.05, 0.1) is 11.1 Å². The third-order valence-corrected chi connectivity index (χ3v) is 2.93. The van der Waals surface area contributed by atoms with Gasteiger partial charge in [-0.05, 0) is 48.9 Å². The van der Waals surface area contributed by atoms with E-state index in [1.165, 1.54) is 36.5 Å². The van der Waals surface area contributed by atoms with Gasteiger partial charge in [0, 0.05) is 17.2 Å². The maximum Gasteiger partial charge on any atom is 0.272 e. The van der Waals surface area contributed by atoms with E-state index in [-0.39, 0.29) is 17.0 Å². The van der Waals surface area contributed by atoms with Crippen molar-refractivity contribution in [1.29, 1.82) is 0 Å². The van der Waals surface area contributed by atoms with Crippen LogP contribution in [-0.4, -0.2) is 22.2 Å². The summed E-state index contributed by atoms with van der Waals surface area (Å²) in [6.45, 7) is 1.56. The lowest BCUT2D eigenvalue weighted by atomic mass is 10.1. The lowest BCUT2D eigenvalue weighted by Gasteiger charge is -2.02. The molecule has 0 spiro atoms. The second-order valence-electron chi connectivity index (χ2n) is 4.55. The molecule has 2 N–H and O–H groups in total. The number of nitro benzene ring substituents is 1. The first kappa shape index (κ1) is 15.2. The number of nitro groups is 1. The second kappa shape index (κ2) is 6.49. The quantitative estimate of drug-likeness (QED) is 0.513. The molecule has 2 aromatic rings. The molecule has 0 aromatic heterocycles. The van der Waals surface area contributed by atoms with E-state index in [4.69, 9.17) is 5.11 Å². The van der Waals surface area contributed by atoms with Gasteiger partial charge in [-0.3, -0.25) is 14.9 Å². The molecule has 0 radical (unpaired) electrons. The molecular formula is C15H13N3O4. The lowest BCUT2D eigenvalue weighted by Crippen LogP contribution is -2.17. The monoisotopic (exact) mass is 299 g/mol. The van der Waals surface area contributed by atoms with Gasteiger partial charge in [0.2, 0.25) is 0 Å². The molecule has 0 saturated heterocycles. The van der Waals surface area contributed by atoms with E-state index in [0.29, 0.717) is 11.1 Å². The van der Waals surface area contributed by atoms with Crippen LogP contribution in [0.1, 0.15) is 21.5 Å². The number of carbonyl (C=O) groups is 1. The zero-order chi connectivity index (χ0) is 16.1. The SMILES string of the molecule is Cc1cc(C(=O)NN=Cc2ccc(O)cc2)ccc1[N+](=O)[O-]. The van der Waals surface area contributed by atoms with Crippen LogP contribution in [0.5, 0.6) is 5.75 Å². The summed E-state index contributed by atoms with van der Waals surface area (Å²) in [6.07, 6.45) is 1.43. The van der Waals surface area contributed by atoms with Crippen LogP contribution < -0.4 is 5.43 Å². The van der Waals surface area contributed by atoms with Gasteiger partial charge in [-0.25, -0.2) is 5.43 Å². The molecule has 22 heavy (non-hydrogen) atoms. The average Bonchev–Trinajstić information content (AvgIpc) is 2.48. The van der Waals surface area contributed by atoms with Crippen molar-refractivity contribution in [3.63, 3.8) is 0 Å². The Balaban J connectivity index is 2.04. The number of amides is 1. The Bertz CT molecular complexity index is 739. The zero-order valence-corrected chi connectivity index (χ0v) is 11.7. The predicted molar refractivity (Wildman–Crippen MR) is 81.0 cm³/mol. The minimum atomic E-state index is -0.500. The maximum atomic E-state index is 11.9. The first-order chi connectivity index (χ1) is 10.5. The second-order valence-corrected chi connectivity index (χ2v) is 4.55. The van der Waals surface area contributed by atoms with Crippen LogP contribution in [-0.2, 0) is 0 Å². The number of nitrogens with zero attached hydrogens (tertiary/aromatic N) is 2. The molecule has 0 fully saturated rings. The molecule has 0 heterocycles. The van der Waals surface area contributed by atoms with Crippen molar-refractivity contribution in [3.05, 3.63) is 69.3 Å². The molecule has 7 nitrogen and oxygen atoms in total. The van der Waals surface area contributed by atoms with E-state index >= 15 is 0 Å². The number of carbonyl (C=O) groups excluding carboxylic acids is 1. The summed E-state index contributed by atoms with van der Waals surface area (Å²) in [7, 11) is 0. The van der Waals surface area contributed by atoms with Gasteiger partial charge in [0.25, 0.3) is 11.6 Å². The van der Waals surface area contributed by atoms with Gasteiger partial charge >= 0.3 is 0 Å². The van der Waals surface area contributed by atoms with Gasteiger partial charge in [-0.15, -0.1) is 0 Å². The van der Waals surface area contributed by atoms with E-state index in [9.17, 15) is 14.9 Å². The maximum absolute atomic E-state index is 11.9. The van der Waals surface area contributed by atoms with Crippen LogP contribution in [0.4, 0.5) is 5.69 Å². The highest BCUT2D eigenvalue weighted by Crippen LogP contribution is 2.18. The van der Waals surface area contributed by atoms with E-state index in [0.717, 1.165) is 0 Å². The molecule has 0 atom stereocenters. The average molecular weight is 299 g/mol. The number of rotatable bonds is 4. The van der Waals surface area contributed by atoms with Crippen LogP contribution in [0.2, 0.25) is 0 Å². The molecule has 0 aliphatic carbocycles. The molecule has 0 bridgehead atoms. The third-order valence-electron chi connectivity index (χ3n) is 2.93. The fraction of sp³-hybridized carbons (Fsp3) is 0.0667. The number of hydrogen-bond acceptors (Lipinski definition) is 5. The highest BCUT2D eigenvalue weighted by Gasteiger charge is 2.13. The molecular weight excluding hydrogens is 286 g/mol. The Labute approximate surface area is 126 Å². The van der Waals surface area contributed by atoms with Crippen molar-refractivity contribution in [2.75, 3.05) is 0 Å². The van der Waals surface area contributed by atoms with Crippen molar-refractivity contribution in [2.24, 2.45) is 5.10 Å². The zero-order valence-electron chi connectivity index (χ0n) is 11.7. The summed E-state index contributed by atoms with van der Waals surface area (Å²) in [4.78, 5) is 22.1. The fourth-order valence-corrected chi connectivity index (χ4v) is 1.79. The lowest BCUT2D eigenvalue weighted by molar-refractivity contribution is -0.385. The van der Waals surface area contributed by atoms with Crippen molar-refractivity contribution < 1.29 is 14.8 Å². The Morgan fingerprint density at radius 3 is 2.55 bits per heavy atom. The normalized spacial score (nSPS) is 10.6.